The van der Waals surface area contributed by atoms with Gasteiger partial charge in [0.2, 0.25) is 5.78 Å². The fourth-order valence-corrected chi connectivity index (χ4v) is 4.38. The number of rotatable bonds is 4. The highest BCUT2D eigenvalue weighted by Gasteiger charge is 2.37. The molecule has 1 atom stereocenters. The van der Waals surface area contributed by atoms with Crippen LogP contribution < -0.4 is 5.32 Å². The van der Waals surface area contributed by atoms with E-state index in [1.54, 1.807) is 40.4 Å². The van der Waals surface area contributed by atoms with E-state index in [1.165, 1.54) is 0 Å². The van der Waals surface area contributed by atoms with E-state index >= 15 is 0 Å². The summed E-state index contributed by atoms with van der Waals surface area (Å²) < 4.78 is 0. The summed E-state index contributed by atoms with van der Waals surface area (Å²) in [4.78, 5) is 50.9. The normalized spacial score (nSPS) is 17.3. The monoisotopic (exact) mass is 441 g/mol. The average molecular weight is 441 g/mol. The Morgan fingerprint density at radius 2 is 1.55 bits per heavy atom. The van der Waals surface area contributed by atoms with Gasteiger partial charge in [0, 0.05) is 50.7 Å². The van der Waals surface area contributed by atoms with Crippen LogP contribution in [0.1, 0.15) is 21.8 Å². The van der Waals surface area contributed by atoms with Crippen LogP contribution in [0.4, 0.5) is 5.69 Å². The number of pyridine rings is 2. The van der Waals surface area contributed by atoms with E-state index in [0.29, 0.717) is 49.7 Å². The van der Waals surface area contributed by atoms with E-state index in [4.69, 9.17) is 0 Å². The molecule has 1 N–H and O–H groups in total. The first-order valence-electron chi connectivity index (χ1n) is 10.9. The summed E-state index contributed by atoms with van der Waals surface area (Å²) in [6, 6.07) is 16.4. The van der Waals surface area contributed by atoms with Crippen molar-refractivity contribution in [3.05, 3.63) is 78.1 Å². The molecular formula is C25H23N5O3. The van der Waals surface area contributed by atoms with Crippen molar-refractivity contribution in [2.75, 3.05) is 38.0 Å². The largest absolute Gasteiger partial charge is 0.382 e. The van der Waals surface area contributed by atoms with E-state index in [-0.39, 0.29) is 5.91 Å². The molecule has 0 bridgehead atoms. The second-order valence-corrected chi connectivity index (χ2v) is 8.09. The van der Waals surface area contributed by atoms with Crippen molar-refractivity contribution in [3.63, 3.8) is 0 Å². The van der Waals surface area contributed by atoms with Crippen LogP contribution in [0.2, 0.25) is 0 Å². The summed E-state index contributed by atoms with van der Waals surface area (Å²) in [5.41, 5.74) is 3.52. The van der Waals surface area contributed by atoms with Crippen molar-refractivity contribution in [2.45, 2.75) is 5.92 Å². The number of anilines is 1. The molecule has 1 unspecified atom stereocenters. The molecule has 3 aromatic rings. The molecule has 1 fully saturated rings. The number of nitrogens with zero attached hydrogens (tertiary/aromatic N) is 4. The number of amides is 2. The van der Waals surface area contributed by atoms with E-state index in [0.717, 1.165) is 11.3 Å². The number of hydrogen-bond donors (Lipinski definition) is 1. The number of aromatic nitrogens is 2. The number of carbonyl (C=O) groups is 3. The van der Waals surface area contributed by atoms with Crippen molar-refractivity contribution < 1.29 is 14.4 Å². The maximum Gasteiger partial charge on any atom is 0.290 e. The van der Waals surface area contributed by atoms with Crippen LogP contribution in [-0.4, -0.2) is 70.1 Å². The second-order valence-electron chi connectivity index (χ2n) is 8.09. The van der Waals surface area contributed by atoms with Gasteiger partial charge in [0.15, 0.2) is 0 Å². The van der Waals surface area contributed by atoms with E-state index in [2.05, 4.69) is 15.3 Å². The summed E-state index contributed by atoms with van der Waals surface area (Å²) in [5.74, 6) is -1.57. The van der Waals surface area contributed by atoms with Gasteiger partial charge in [-0.15, -0.1) is 0 Å². The maximum atomic E-state index is 13.1. The lowest BCUT2D eigenvalue weighted by Crippen LogP contribution is -2.52. The fourth-order valence-electron chi connectivity index (χ4n) is 4.38. The van der Waals surface area contributed by atoms with Gasteiger partial charge in [0.25, 0.3) is 11.8 Å². The summed E-state index contributed by atoms with van der Waals surface area (Å²) >= 11 is 0. The van der Waals surface area contributed by atoms with Crippen molar-refractivity contribution in [1.82, 2.24) is 19.8 Å². The zero-order valence-corrected chi connectivity index (χ0v) is 18.0. The topological polar surface area (TPSA) is 95.5 Å². The summed E-state index contributed by atoms with van der Waals surface area (Å²) in [5, 5.41) is 3.25. The number of benzene rings is 1. The Labute approximate surface area is 191 Å². The number of fused-ring (bicyclic) bond motifs is 1. The minimum Gasteiger partial charge on any atom is -0.382 e. The van der Waals surface area contributed by atoms with Crippen LogP contribution in [0.5, 0.6) is 0 Å². The lowest BCUT2D eigenvalue weighted by molar-refractivity contribution is -0.146. The highest BCUT2D eigenvalue weighted by molar-refractivity contribution is 6.38. The third-order valence-corrected chi connectivity index (χ3v) is 6.15. The standard InChI is InChI=1S/C25H23N5O3/c31-23(19-16-28-21-18(19)9-11-27-22(21)20-8-4-5-10-26-20)25(33)30-14-12-29(13-15-30)24(32)17-6-2-1-3-7-17/h1-11,19,28H,12-16H2. The average Bonchev–Trinajstić information content (AvgIpc) is 3.33. The molecule has 0 spiro atoms. The van der Waals surface area contributed by atoms with Crippen LogP contribution in [0.15, 0.2) is 67.0 Å². The highest BCUT2D eigenvalue weighted by atomic mass is 16.2. The van der Waals surface area contributed by atoms with Gasteiger partial charge in [0.05, 0.1) is 17.3 Å². The van der Waals surface area contributed by atoms with Gasteiger partial charge in [-0.1, -0.05) is 24.3 Å². The van der Waals surface area contributed by atoms with Crippen LogP contribution >= 0.6 is 0 Å². The van der Waals surface area contributed by atoms with Gasteiger partial charge in [-0.2, -0.15) is 0 Å². The summed E-state index contributed by atoms with van der Waals surface area (Å²) in [6.45, 7) is 1.83. The van der Waals surface area contributed by atoms with Gasteiger partial charge < -0.3 is 15.1 Å². The van der Waals surface area contributed by atoms with Crippen molar-refractivity contribution in [3.8, 4) is 11.4 Å². The molecule has 0 radical (unpaired) electrons. The van der Waals surface area contributed by atoms with Crippen LogP contribution in [0.3, 0.4) is 0 Å². The van der Waals surface area contributed by atoms with E-state index < -0.39 is 17.6 Å². The Morgan fingerprint density at radius 3 is 2.27 bits per heavy atom. The lowest BCUT2D eigenvalue weighted by Gasteiger charge is -2.34. The second kappa shape index (κ2) is 8.82. The van der Waals surface area contributed by atoms with Crippen molar-refractivity contribution in [2.24, 2.45) is 0 Å². The van der Waals surface area contributed by atoms with Crippen LogP contribution in [-0.2, 0) is 9.59 Å². The van der Waals surface area contributed by atoms with E-state index in [9.17, 15) is 14.4 Å². The van der Waals surface area contributed by atoms with Crippen LogP contribution in [0, 0.1) is 0 Å². The minimum atomic E-state index is -0.568. The molecule has 2 aliphatic heterocycles. The van der Waals surface area contributed by atoms with Crippen molar-refractivity contribution >= 4 is 23.3 Å². The van der Waals surface area contributed by atoms with Gasteiger partial charge in [-0.05, 0) is 35.9 Å². The van der Waals surface area contributed by atoms with Gasteiger partial charge in [0.1, 0.15) is 5.69 Å². The number of nitrogens with one attached hydrogen (secondary N) is 1. The third-order valence-electron chi connectivity index (χ3n) is 6.15. The quantitative estimate of drug-likeness (QED) is 0.624. The molecule has 2 aromatic heterocycles. The number of carbonyl (C=O) groups excluding carboxylic acids is 3. The molecule has 166 valence electrons. The molecule has 33 heavy (non-hydrogen) atoms. The Bertz CT molecular complexity index is 1190. The summed E-state index contributed by atoms with van der Waals surface area (Å²) in [7, 11) is 0. The zero-order valence-electron chi connectivity index (χ0n) is 18.0. The Balaban J connectivity index is 1.27. The SMILES string of the molecule is O=C(C(=O)N1CCN(C(=O)c2ccccc2)CC1)C1CNc2c1ccnc2-c1ccccn1. The van der Waals surface area contributed by atoms with Gasteiger partial charge in [-0.3, -0.25) is 24.4 Å². The molecule has 8 nitrogen and oxygen atoms in total. The maximum absolute atomic E-state index is 13.1. The zero-order chi connectivity index (χ0) is 22.8. The molecule has 2 amide bonds. The van der Waals surface area contributed by atoms with Crippen molar-refractivity contribution in [1.29, 1.82) is 0 Å². The first-order valence-corrected chi connectivity index (χ1v) is 10.9. The molecule has 1 aromatic carbocycles. The number of ketones is 1. The molecule has 0 aliphatic carbocycles. The molecule has 2 aliphatic rings. The molecule has 8 heteroatoms. The van der Waals surface area contributed by atoms with Gasteiger partial charge in [-0.25, -0.2) is 0 Å². The van der Waals surface area contributed by atoms with Gasteiger partial charge >= 0.3 is 0 Å². The Hall–Kier alpha value is -4.07. The highest BCUT2D eigenvalue weighted by Crippen LogP contribution is 2.37. The molecule has 1 saturated heterocycles. The van der Waals surface area contributed by atoms with Crippen LogP contribution in [0.25, 0.3) is 11.4 Å². The molecule has 5 rings (SSSR count). The smallest absolute Gasteiger partial charge is 0.290 e. The first-order chi connectivity index (χ1) is 16.1. The first kappa shape index (κ1) is 20.8. The number of piperazine rings is 1. The molecule has 0 saturated carbocycles. The molecular weight excluding hydrogens is 418 g/mol. The van der Waals surface area contributed by atoms with E-state index in [1.807, 2.05) is 36.4 Å². The minimum absolute atomic E-state index is 0.0579. The third kappa shape index (κ3) is 3.95. The predicted molar refractivity (Wildman–Crippen MR) is 123 cm³/mol. The number of hydrogen-bond acceptors (Lipinski definition) is 6. The Morgan fingerprint density at radius 1 is 0.818 bits per heavy atom. The fraction of sp³-hybridized carbons (Fsp3) is 0.240. The lowest BCUT2D eigenvalue weighted by atomic mass is 9.95. The summed E-state index contributed by atoms with van der Waals surface area (Å²) in [6.07, 6.45) is 3.34. The Kier molecular flexibility index (Phi) is 5.56. The number of Topliss-reactive ketones (excluding diaryl/α,β-unsaturated/α-hetero) is 1. The predicted octanol–water partition coefficient (Wildman–Crippen LogP) is 2.21. The molecule has 4 heterocycles.